The Kier molecular flexibility index (Phi) is 5.36. The van der Waals surface area contributed by atoms with E-state index in [0.29, 0.717) is 11.3 Å². The molecule has 1 rings (SSSR count). The third-order valence-electron chi connectivity index (χ3n) is 1.84. The van der Waals surface area contributed by atoms with Crippen molar-refractivity contribution in [3.05, 3.63) is 42.0 Å². The topological polar surface area (TPSA) is 43.4 Å². The van der Waals surface area contributed by atoms with Gasteiger partial charge < -0.3 is 4.74 Å². The highest BCUT2D eigenvalue weighted by Gasteiger charge is 1.99. The molecular weight excluding hydrogens is 224 g/mol. The molecule has 0 atom stereocenters. The Labute approximate surface area is 98.5 Å². The molecule has 0 aliphatic carbocycles. The molecule has 0 heterocycles. The van der Waals surface area contributed by atoms with Crippen LogP contribution < -0.4 is 0 Å². The molecule has 0 N–H and O–H groups in total. The van der Waals surface area contributed by atoms with Gasteiger partial charge in [0.15, 0.2) is 6.29 Å². The number of rotatable bonds is 5. The van der Waals surface area contributed by atoms with Gasteiger partial charge in [-0.2, -0.15) is 0 Å². The van der Waals surface area contributed by atoms with Gasteiger partial charge in [0.05, 0.1) is 7.11 Å². The molecule has 0 saturated heterocycles. The third-order valence-corrected chi connectivity index (χ3v) is 2.88. The van der Waals surface area contributed by atoms with Crippen LogP contribution in [0.3, 0.4) is 0 Å². The van der Waals surface area contributed by atoms with Crippen molar-refractivity contribution in [2.45, 2.75) is 4.90 Å². The summed E-state index contributed by atoms with van der Waals surface area (Å²) in [6.45, 7) is 0. The minimum absolute atomic E-state index is 0.371. The molecule has 4 heteroatoms. The van der Waals surface area contributed by atoms with Gasteiger partial charge in [0.25, 0.3) is 0 Å². The molecule has 0 saturated carbocycles. The van der Waals surface area contributed by atoms with Crippen LogP contribution in [0.2, 0.25) is 0 Å². The lowest BCUT2D eigenvalue weighted by atomic mass is 10.2. The van der Waals surface area contributed by atoms with Gasteiger partial charge >= 0.3 is 5.97 Å². The van der Waals surface area contributed by atoms with E-state index < -0.39 is 0 Å². The quantitative estimate of drug-likeness (QED) is 0.340. The average Bonchev–Trinajstić information content (AvgIpc) is 2.34. The highest BCUT2D eigenvalue weighted by atomic mass is 32.2. The lowest BCUT2D eigenvalue weighted by Gasteiger charge is -2.00. The summed E-state index contributed by atoms with van der Waals surface area (Å²) in [5.74, 6) is 0.254. The van der Waals surface area contributed by atoms with Crippen molar-refractivity contribution in [2.75, 3.05) is 12.9 Å². The van der Waals surface area contributed by atoms with Gasteiger partial charge in [-0.3, -0.25) is 4.79 Å². The predicted molar refractivity (Wildman–Crippen MR) is 63.7 cm³/mol. The summed E-state index contributed by atoms with van der Waals surface area (Å²) in [6, 6.07) is 7.33. The minimum Gasteiger partial charge on any atom is -0.466 e. The van der Waals surface area contributed by atoms with E-state index in [4.69, 9.17) is 0 Å². The molecule has 0 unspecified atom stereocenters. The fourth-order valence-corrected chi connectivity index (χ4v) is 1.89. The van der Waals surface area contributed by atoms with E-state index in [0.717, 1.165) is 11.2 Å². The van der Waals surface area contributed by atoms with Crippen molar-refractivity contribution in [3.8, 4) is 0 Å². The van der Waals surface area contributed by atoms with E-state index in [1.165, 1.54) is 24.9 Å². The zero-order chi connectivity index (χ0) is 11.8. The molecule has 0 amide bonds. The van der Waals surface area contributed by atoms with E-state index in [1.54, 1.807) is 12.1 Å². The third kappa shape index (κ3) is 3.90. The molecule has 1 aromatic rings. The van der Waals surface area contributed by atoms with Crippen LogP contribution in [-0.2, 0) is 9.53 Å². The lowest BCUT2D eigenvalue weighted by molar-refractivity contribution is -0.134. The van der Waals surface area contributed by atoms with Crippen LogP contribution in [0.5, 0.6) is 0 Å². The number of hydrogen-bond donors (Lipinski definition) is 0. The van der Waals surface area contributed by atoms with Crippen molar-refractivity contribution < 1.29 is 14.3 Å². The molecule has 84 valence electrons. The SMILES string of the molecule is COC(=O)/C=C/CSc1ccccc1C=O. The first-order valence-corrected chi connectivity index (χ1v) is 5.68. The first-order chi connectivity index (χ1) is 7.77. The molecule has 0 spiro atoms. The van der Waals surface area contributed by atoms with Gasteiger partial charge in [0, 0.05) is 22.3 Å². The largest absolute Gasteiger partial charge is 0.466 e. The second-order valence-corrected chi connectivity index (χ2v) is 3.95. The van der Waals surface area contributed by atoms with Gasteiger partial charge in [-0.25, -0.2) is 4.79 Å². The molecule has 3 nitrogen and oxygen atoms in total. The first-order valence-electron chi connectivity index (χ1n) is 4.69. The summed E-state index contributed by atoms with van der Waals surface area (Å²) in [5, 5.41) is 0. The van der Waals surface area contributed by atoms with Crippen LogP contribution in [0.1, 0.15) is 10.4 Å². The fourth-order valence-electron chi connectivity index (χ4n) is 1.06. The van der Waals surface area contributed by atoms with Crippen molar-refractivity contribution in [1.29, 1.82) is 0 Å². The number of methoxy groups -OCH3 is 1. The fraction of sp³-hybridized carbons (Fsp3) is 0.167. The summed E-state index contributed by atoms with van der Waals surface area (Å²) >= 11 is 1.50. The number of ether oxygens (including phenoxy) is 1. The van der Waals surface area contributed by atoms with Gasteiger partial charge in [0.2, 0.25) is 0 Å². The van der Waals surface area contributed by atoms with Crippen molar-refractivity contribution in [2.24, 2.45) is 0 Å². The van der Waals surface area contributed by atoms with Crippen molar-refractivity contribution in [3.63, 3.8) is 0 Å². The number of esters is 1. The zero-order valence-electron chi connectivity index (χ0n) is 8.88. The van der Waals surface area contributed by atoms with E-state index >= 15 is 0 Å². The monoisotopic (exact) mass is 236 g/mol. The number of thioether (sulfide) groups is 1. The Hall–Kier alpha value is -1.55. The minimum atomic E-state index is -0.371. The predicted octanol–water partition coefficient (Wildman–Crippen LogP) is 2.32. The Morgan fingerprint density at radius 3 is 2.88 bits per heavy atom. The van der Waals surface area contributed by atoms with Crippen LogP contribution in [0, 0.1) is 0 Å². The maximum Gasteiger partial charge on any atom is 0.330 e. The second-order valence-electron chi connectivity index (χ2n) is 2.89. The molecule has 0 aliphatic rings. The Morgan fingerprint density at radius 2 is 2.19 bits per heavy atom. The van der Waals surface area contributed by atoms with E-state index in [-0.39, 0.29) is 5.97 Å². The molecule has 1 aromatic carbocycles. The number of carbonyl (C=O) groups is 2. The van der Waals surface area contributed by atoms with E-state index in [9.17, 15) is 9.59 Å². The zero-order valence-corrected chi connectivity index (χ0v) is 9.70. The molecule has 16 heavy (non-hydrogen) atoms. The second kappa shape index (κ2) is 6.85. The lowest BCUT2D eigenvalue weighted by Crippen LogP contribution is -1.93. The maximum absolute atomic E-state index is 10.8. The number of carbonyl (C=O) groups excluding carboxylic acids is 2. The summed E-state index contributed by atoms with van der Waals surface area (Å²) in [6.07, 6.45) is 3.90. The Morgan fingerprint density at radius 1 is 1.44 bits per heavy atom. The van der Waals surface area contributed by atoms with Gasteiger partial charge in [0.1, 0.15) is 0 Å². The molecule has 0 bridgehead atoms. The summed E-state index contributed by atoms with van der Waals surface area (Å²) in [4.78, 5) is 22.4. The molecule has 0 radical (unpaired) electrons. The Balaban J connectivity index is 2.51. The maximum atomic E-state index is 10.8. The summed E-state index contributed by atoms with van der Waals surface area (Å²) in [7, 11) is 1.33. The average molecular weight is 236 g/mol. The van der Waals surface area contributed by atoms with Gasteiger partial charge in [-0.15, -0.1) is 11.8 Å². The normalized spacial score (nSPS) is 10.3. The Bertz CT molecular complexity index is 399. The van der Waals surface area contributed by atoms with Crippen LogP contribution in [0.25, 0.3) is 0 Å². The summed E-state index contributed by atoms with van der Waals surface area (Å²) in [5.41, 5.74) is 0.666. The van der Waals surface area contributed by atoms with Crippen molar-refractivity contribution >= 4 is 24.0 Å². The molecule has 0 fully saturated rings. The highest BCUT2D eigenvalue weighted by Crippen LogP contribution is 2.21. The van der Waals surface area contributed by atoms with E-state index in [2.05, 4.69) is 4.74 Å². The van der Waals surface area contributed by atoms with Crippen LogP contribution in [0.15, 0.2) is 41.3 Å². The van der Waals surface area contributed by atoms with Gasteiger partial charge in [-0.05, 0) is 6.07 Å². The number of aldehydes is 1. The van der Waals surface area contributed by atoms with Crippen molar-refractivity contribution in [1.82, 2.24) is 0 Å². The van der Waals surface area contributed by atoms with Crippen LogP contribution >= 0.6 is 11.8 Å². The summed E-state index contributed by atoms with van der Waals surface area (Å²) < 4.78 is 4.46. The van der Waals surface area contributed by atoms with Gasteiger partial charge in [-0.1, -0.05) is 24.3 Å². The van der Waals surface area contributed by atoms with Crippen LogP contribution in [-0.4, -0.2) is 25.1 Å². The number of benzene rings is 1. The smallest absolute Gasteiger partial charge is 0.330 e. The van der Waals surface area contributed by atoms with E-state index in [1.807, 2.05) is 18.2 Å². The first kappa shape index (κ1) is 12.5. The molecule has 0 aromatic heterocycles. The highest BCUT2D eigenvalue weighted by molar-refractivity contribution is 7.99. The molecular formula is C12H12O3S. The van der Waals surface area contributed by atoms with Crippen LogP contribution in [0.4, 0.5) is 0 Å². The standard InChI is InChI=1S/C12H12O3S/c1-15-12(14)7-4-8-16-11-6-3-2-5-10(11)9-13/h2-7,9H,8H2,1H3/b7-4+. The number of hydrogen-bond acceptors (Lipinski definition) is 4. The molecule has 0 aliphatic heterocycles.